The highest BCUT2D eigenvalue weighted by molar-refractivity contribution is 7.92. The second kappa shape index (κ2) is 15.4. The molecule has 3 aromatic rings. The number of hydrogen-bond donors (Lipinski definition) is 2. The molecule has 2 heterocycles. The second-order valence-electron chi connectivity index (χ2n) is 11.0. The van der Waals surface area contributed by atoms with Gasteiger partial charge in [-0.2, -0.15) is 0 Å². The van der Waals surface area contributed by atoms with Crippen molar-refractivity contribution in [1.82, 2.24) is 10.2 Å². The number of carbonyl (C=O) groups excluding carboxylic acids is 1. The largest absolute Gasteiger partial charge is 0.486 e. The molecule has 0 radical (unpaired) electrons. The number of likely N-dealkylation sites (tertiary alicyclic amines) is 1. The van der Waals surface area contributed by atoms with Gasteiger partial charge >= 0.3 is 6.03 Å². The van der Waals surface area contributed by atoms with Crippen LogP contribution in [0.1, 0.15) is 38.2 Å². The molecular weight excluding hydrogens is 604 g/mol. The summed E-state index contributed by atoms with van der Waals surface area (Å²) >= 11 is 0. The van der Waals surface area contributed by atoms with E-state index in [1.54, 1.807) is 24.3 Å². The quantitative estimate of drug-likeness (QED) is 0.263. The molecular formula is C32H41ClN4O6S. The van der Waals surface area contributed by atoms with Gasteiger partial charge in [0.2, 0.25) is 10.0 Å². The van der Waals surface area contributed by atoms with E-state index in [2.05, 4.69) is 34.0 Å². The molecule has 1 saturated heterocycles. The zero-order chi connectivity index (χ0) is 30.2. The van der Waals surface area contributed by atoms with Crippen LogP contribution in [0.15, 0.2) is 66.7 Å². The first-order valence-electron chi connectivity index (χ1n) is 14.8. The zero-order valence-electron chi connectivity index (χ0n) is 25.2. The van der Waals surface area contributed by atoms with Crippen LogP contribution in [0, 0.1) is 0 Å². The van der Waals surface area contributed by atoms with E-state index in [1.807, 2.05) is 35.2 Å². The molecule has 2 aliphatic rings. The van der Waals surface area contributed by atoms with Crippen LogP contribution in [-0.4, -0.2) is 64.5 Å². The van der Waals surface area contributed by atoms with Gasteiger partial charge in [0.1, 0.15) is 24.7 Å². The molecule has 0 spiro atoms. The summed E-state index contributed by atoms with van der Waals surface area (Å²) < 4.78 is 42.5. The number of piperidine rings is 1. The highest BCUT2D eigenvalue weighted by Crippen LogP contribution is 2.34. The SMILES string of the molecule is CCCCN(C(=O)NC1CCN(Cc2ccc(Oc3ccc(NS(C)(=O)=O)cc3)cc2)CC1)c1ccc2c(c1)OCCO2.Cl. The van der Waals surface area contributed by atoms with Crippen LogP contribution >= 0.6 is 12.4 Å². The molecule has 0 aromatic heterocycles. The summed E-state index contributed by atoms with van der Waals surface area (Å²) in [6.45, 7) is 6.44. The predicted octanol–water partition coefficient (Wildman–Crippen LogP) is 6.02. The molecule has 2 aliphatic heterocycles. The Morgan fingerprint density at radius 3 is 2.23 bits per heavy atom. The summed E-state index contributed by atoms with van der Waals surface area (Å²) in [5.74, 6) is 2.73. The minimum atomic E-state index is -3.32. The highest BCUT2D eigenvalue weighted by Gasteiger charge is 2.25. The van der Waals surface area contributed by atoms with Gasteiger partial charge in [-0.05, 0) is 73.4 Å². The number of hydrogen-bond acceptors (Lipinski definition) is 7. The van der Waals surface area contributed by atoms with Gasteiger partial charge in [-0.1, -0.05) is 25.5 Å². The fraction of sp³-hybridized carbons (Fsp3) is 0.406. The number of anilines is 2. The number of carbonyl (C=O) groups is 1. The average Bonchev–Trinajstić information content (AvgIpc) is 2.99. The lowest BCUT2D eigenvalue weighted by molar-refractivity contribution is 0.171. The number of benzene rings is 3. The van der Waals surface area contributed by atoms with E-state index in [-0.39, 0.29) is 24.5 Å². The Labute approximate surface area is 266 Å². The van der Waals surface area contributed by atoms with Crippen molar-refractivity contribution in [3.8, 4) is 23.0 Å². The summed E-state index contributed by atoms with van der Waals surface area (Å²) in [7, 11) is -3.32. The minimum Gasteiger partial charge on any atom is -0.486 e. The third-order valence-corrected chi connectivity index (χ3v) is 8.06. The van der Waals surface area contributed by atoms with Crippen molar-refractivity contribution in [2.75, 3.05) is 48.7 Å². The number of urea groups is 1. The summed E-state index contributed by atoms with van der Waals surface area (Å²) in [6, 6.07) is 20.5. The van der Waals surface area contributed by atoms with Gasteiger partial charge in [-0.3, -0.25) is 14.5 Å². The van der Waals surface area contributed by atoms with Gasteiger partial charge in [-0.15, -0.1) is 12.4 Å². The number of nitrogens with zero attached hydrogens (tertiary/aromatic N) is 2. The Hall–Kier alpha value is -3.67. The van der Waals surface area contributed by atoms with Crippen LogP contribution < -0.4 is 29.1 Å². The van der Waals surface area contributed by atoms with Crippen molar-refractivity contribution in [1.29, 1.82) is 0 Å². The van der Waals surface area contributed by atoms with Gasteiger partial charge in [-0.25, -0.2) is 13.2 Å². The van der Waals surface area contributed by atoms with Crippen molar-refractivity contribution >= 4 is 39.8 Å². The van der Waals surface area contributed by atoms with E-state index >= 15 is 0 Å². The van der Waals surface area contributed by atoms with Crippen LogP contribution in [0.4, 0.5) is 16.2 Å². The number of amides is 2. The molecule has 5 rings (SSSR count). The first kappa shape index (κ1) is 33.2. The van der Waals surface area contributed by atoms with Crippen molar-refractivity contribution in [2.45, 2.75) is 45.2 Å². The van der Waals surface area contributed by atoms with Crippen LogP contribution in [0.25, 0.3) is 0 Å². The van der Waals surface area contributed by atoms with E-state index in [1.165, 1.54) is 5.56 Å². The Kier molecular flexibility index (Phi) is 11.6. The molecule has 2 amide bonds. The first-order chi connectivity index (χ1) is 20.8. The molecule has 44 heavy (non-hydrogen) atoms. The number of sulfonamides is 1. The fourth-order valence-electron chi connectivity index (χ4n) is 5.21. The molecule has 1 fully saturated rings. The van der Waals surface area contributed by atoms with Crippen molar-refractivity contribution in [3.05, 3.63) is 72.3 Å². The number of fused-ring (bicyclic) bond motifs is 1. The maximum absolute atomic E-state index is 13.4. The summed E-state index contributed by atoms with van der Waals surface area (Å²) in [5, 5.41) is 3.27. The van der Waals surface area contributed by atoms with Gasteiger partial charge < -0.3 is 19.5 Å². The number of nitrogens with one attached hydrogen (secondary N) is 2. The van der Waals surface area contributed by atoms with Crippen LogP contribution in [-0.2, 0) is 16.6 Å². The molecule has 12 heteroatoms. The van der Waals surface area contributed by atoms with Crippen LogP contribution in [0.2, 0.25) is 0 Å². The second-order valence-corrected chi connectivity index (χ2v) is 12.7. The molecule has 0 saturated carbocycles. The third-order valence-electron chi connectivity index (χ3n) is 7.46. The number of halogens is 1. The summed E-state index contributed by atoms with van der Waals surface area (Å²) in [5.41, 5.74) is 2.50. The molecule has 238 valence electrons. The van der Waals surface area contributed by atoms with E-state index in [0.29, 0.717) is 42.7 Å². The van der Waals surface area contributed by atoms with Crippen molar-refractivity contribution < 1.29 is 27.4 Å². The van der Waals surface area contributed by atoms with E-state index in [9.17, 15) is 13.2 Å². The Morgan fingerprint density at radius 1 is 0.955 bits per heavy atom. The smallest absolute Gasteiger partial charge is 0.322 e. The Bertz CT molecular complexity index is 1480. The first-order valence-corrected chi connectivity index (χ1v) is 16.7. The van der Waals surface area contributed by atoms with Gasteiger partial charge in [0, 0.05) is 49.7 Å². The monoisotopic (exact) mass is 644 g/mol. The Balaban J connectivity index is 0.00000442. The molecule has 0 unspecified atom stereocenters. The van der Waals surface area contributed by atoms with E-state index < -0.39 is 10.0 Å². The molecule has 10 nitrogen and oxygen atoms in total. The lowest BCUT2D eigenvalue weighted by atomic mass is 10.0. The highest BCUT2D eigenvalue weighted by atomic mass is 35.5. The normalized spacial score (nSPS) is 15.1. The van der Waals surface area contributed by atoms with Crippen LogP contribution in [0.5, 0.6) is 23.0 Å². The molecule has 0 bridgehead atoms. The Morgan fingerprint density at radius 2 is 1.59 bits per heavy atom. The number of unbranched alkanes of at least 4 members (excludes halogenated alkanes) is 1. The molecule has 2 N–H and O–H groups in total. The number of rotatable bonds is 11. The van der Waals surface area contributed by atoms with Crippen molar-refractivity contribution in [2.24, 2.45) is 0 Å². The van der Waals surface area contributed by atoms with E-state index in [4.69, 9.17) is 14.2 Å². The lowest BCUT2D eigenvalue weighted by Gasteiger charge is -2.34. The van der Waals surface area contributed by atoms with Crippen molar-refractivity contribution in [3.63, 3.8) is 0 Å². The molecule has 0 aliphatic carbocycles. The maximum Gasteiger partial charge on any atom is 0.322 e. The van der Waals surface area contributed by atoms with Gasteiger partial charge in [0.05, 0.1) is 6.26 Å². The van der Waals surface area contributed by atoms with Crippen LogP contribution in [0.3, 0.4) is 0 Å². The zero-order valence-corrected chi connectivity index (χ0v) is 26.8. The summed E-state index contributed by atoms with van der Waals surface area (Å²) in [6.07, 6.45) is 4.81. The fourth-order valence-corrected chi connectivity index (χ4v) is 5.78. The maximum atomic E-state index is 13.4. The molecule has 3 aromatic carbocycles. The van der Waals surface area contributed by atoms with Gasteiger partial charge in [0.15, 0.2) is 11.5 Å². The standard InChI is InChI=1S/C32H40N4O6S.ClH/c1-3-4-17-36(27-9-14-30-31(22-27)41-21-20-40-30)32(37)33-25-15-18-35(19-16-25)23-24-5-10-28(11-6-24)42-29-12-7-26(8-13-29)34-43(2,38)39;/h5-14,22,25,34H,3-4,15-21,23H2,1-2H3,(H,33,37);1H. The average molecular weight is 645 g/mol. The molecule has 0 atom stereocenters. The lowest BCUT2D eigenvalue weighted by Crippen LogP contribution is -2.49. The van der Waals surface area contributed by atoms with E-state index in [0.717, 1.165) is 63.0 Å². The topological polar surface area (TPSA) is 109 Å². The van der Waals surface area contributed by atoms with Gasteiger partial charge in [0.25, 0.3) is 0 Å². The number of ether oxygens (including phenoxy) is 3. The predicted molar refractivity (Wildman–Crippen MR) is 175 cm³/mol. The third kappa shape index (κ3) is 9.41. The summed E-state index contributed by atoms with van der Waals surface area (Å²) in [4.78, 5) is 17.6. The minimum absolute atomic E-state index is 0.